The molecule has 0 spiro atoms. The summed E-state index contributed by atoms with van der Waals surface area (Å²) in [5.74, 6) is -0.675. The van der Waals surface area contributed by atoms with E-state index in [1.807, 2.05) is 12.2 Å². The van der Waals surface area contributed by atoms with E-state index in [1.165, 1.54) is 37.5 Å². The van der Waals surface area contributed by atoms with Gasteiger partial charge in [0.25, 0.3) is 0 Å². The number of halogens is 2. The van der Waals surface area contributed by atoms with Crippen LogP contribution in [0.15, 0.2) is 48.5 Å². The third-order valence-corrected chi connectivity index (χ3v) is 3.38. The normalized spacial score (nSPS) is 11.5. The van der Waals surface area contributed by atoms with Gasteiger partial charge in [-0.15, -0.1) is 0 Å². The van der Waals surface area contributed by atoms with Gasteiger partial charge in [0.1, 0.15) is 5.75 Å². The molecule has 0 bridgehead atoms. The van der Waals surface area contributed by atoms with Crippen LogP contribution in [0.5, 0.6) is 5.75 Å². The van der Waals surface area contributed by atoms with Gasteiger partial charge < -0.3 is 15.2 Å². The molecule has 0 saturated heterocycles. The Morgan fingerprint density at radius 3 is 2.62 bits per heavy atom. The van der Waals surface area contributed by atoms with Gasteiger partial charge >= 0.3 is 12.0 Å². The minimum atomic E-state index is -3.41. The predicted molar refractivity (Wildman–Crippen MR) is 88.7 cm³/mol. The van der Waals surface area contributed by atoms with E-state index in [1.54, 1.807) is 18.2 Å². The molecule has 4 nitrogen and oxygen atoms in total. The van der Waals surface area contributed by atoms with Gasteiger partial charge in [-0.1, -0.05) is 30.3 Å². The van der Waals surface area contributed by atoms with Crippen LogP contribution < -0.4 is 10.1 Å². The number of carbonyl (C=O) groups is 1. The molecule has 0 aliphatic heterocycles. The van der Waals surface area contributed by atoms with Crippen LogP contribution in [0.2, 0.25) is 0 Å². The molecule has 2 aromatic carbocycles. The minimum absolute atomic E-state index is 0.152. The fraction of sp³-hybridized carbons (Fsp3) is 0.167. The third kappa shape index (κ3) is 4.32. The van der Waals surface area contributed by atoms with Gasteiger partial charge in [-0.25, -0.2) is 4.79 Å². The lowest BCUT2D eigenvalue weighted by molar-refractivity contribution is 0.0695. The van der Waals surface area contributed by atoms with Crippen molar-refractivity contribution in [2.24, 2.45) is 0 Å². The molecule has 0 unspecified atom stereocenters. The second-order valence-electron chi connectivity index (χ2n) is 5.16. The average Bonchev–Trinajstić information content (AvgIpc) is 2.54. The van der Waals surface area contributed by atoms with Crippen LogP contribution in [0.4, 0.5) is 14.5 Å². The summed E-state index contributed by atoms with van der Waals surface area (Å²) in [6.45, 7) is 1.85. The van der Waals surface area contributed by atoms with Crippen LogP contribution in [0.1, 0.15) is 21.5 Å². The second-order valence-corrected chi connectivity index (χ2v) is 5.16. The van der Waals surface area contributed by atoms with Crippen molar-refractivity contribution in [1.29, 1.82) is 0 Å². The van der Waals surface area contributed by atoms with Gasteiger partial charge in [0.15, 0.2) is 0 Å². The molecular weight excluding hydrogens is 316 g/mol. The highest BCUT2D eigenvalue weighted by molar-refractivity contribution is 5.94. The summed E-state index contributed by atoms with van der Waals surface area (Å²) in [5, 5.41) is 11.0. The first-order valence-electron chi connectivity index (χ1n) is 7.14. The van der Waals surface area contributed by atoms with Crippen LogP contribution in [-0.2, 0) is 0 Å². The van der Waals surface area contributed by atoms with Gasteiger partial charge in [0, 0.05) is 6.08 Å². The highest BCUT2D eigenvalue weighted by Gasteiger charge is 2.26. The van der Waals surface area contributed by atoms with E-state index in [0.29, 0.717) is 17.4 Å². The summed E-state index contributed by atoms with van der Waals surface area (Å²) >= 11 is 0. The van der Waals surface area contributed by atoms with Crippen molar-refractivity contribution in [2.45, 2.75) is 13.0 Å². The zero-order valence-corrected chi connectivity index (χ0v) is 13.2. The van der Waals surface area contributed by atoms with E-state index in [-0.39, 0.29) is 11.3 Å². The number of hydrogen-bond donors (Lipinski definition) is 2. The maximum atomic E-state index is 14.1. The topological polar surface area (TPSA) is 58.6 Å². The Kier molecular flexibility index (Phi) is 5.18. The first kappa shape index (κ1) is 17.5. The number of carboxylic acids is 1. The summed E-state index contributed by atoms with van der Waals surface area (Å²) in [5.41, 5.74) is 1.07. The Bertz CT molecular complexity index is 773. The monoisotopic (exact) mass is 333 g/mol. The molecule has 0 atom stereocenters. The molecule has 0 fully saturated rings. The van der Waals surface area contributed by atoms with Crippen molar-refractivity contribution in [2.75, 3.05) is 12.4 Å². The number of alkyl halides is 2. The van der Waals surface area contributed by atoms with Gasteiger partial charge in [0.05, 0.1) is 18.4 Å². The number of benzene rings is 2. The Balaban J connectivity index is 2.21. The van der Waals surface area contributed by atoms with E-state index in [0.717, 1.165) is 5.56 Å². The van der Waals surface area contributed by atoms with Crippen molar-refractivity contribution in [3.63, 3.8) is 0 Å². The molecule has 6 heteroatoms. The Hall–Kier alpha value is -2.89. The van der Waals surface area contributed by atoms with Gasteiger partial charge in [0.2, 0.25) is 0 Å². The van der Waals surface area contributed by atoms with Crippen LogP contribution in [0.3, 0.4) is 0 Å². The lowest BCUT2D eigenvalue weighted by Crippen LogP contribution is -2.25. The standard InChI is InChI=1S/C18H17F2NO3/c1-12-7-8-13(11-16(12)24-2)9-10-18(19,20)21-15-6-4-3-5-14(15)17(22)23/h3-11,21H,1-2H3,(H,22,23). The Morgan fingerprint density at radius 2 is 1.96 bits per heavy atom. The quantitative estimate of drug-likeness (QED) is 0.768. The van der Waals surface area contributed by atoms with Gasteiger partial charge in [-0.3, -0.25) is 0 Å². The number of para-hydroxylation sites is 1. The van der Waals surface area contributed by atoms with E-state index in [4.69, 9.17) is 9.84 Å². The highest BCUT2D eigenvalue weighted by Crippen LogP contribution is 2.25. The zero-order valence-electron chi connectivity index (χ0n) is 13.2. The Labute approximate surface area is 138 Å². The van der Waals surface area contributed by atoms with Gasteiger partial charge in [-0.2, -0.15) is 8.78 Å². The van der Waals surface area contributed by atoms with Crippen molar-refractivity contribution < 1.29 is 23.4 Å². The van der Waals surface area contributed by atoms with Crippen LogP contribution in [-0.4, -0.2) is 24.2 Å². The molecule has 126 valence electrons. The molecule has 2 N–H and O–H groups in total. The maximum absolute atomic E-state index is 14.1. The number of ether oxygens (including phenoxy) is 1. The number of rotatable bonds is 6. The number of anilines is 1. The molecule has 0 aliphatic carbocycles. The number of aryl methyl sites for hydroxylation is 1. The van der Waals surface area contributed by atoms with Crippen molar-refractivity contribution in [3.8, 4) is 5.75 Å². The van der Waals surface area contributed by atoms with E-state index in [9.17, 15) is 13.6 Å². The predicted octanol–water partition coefficient (Wildman–Crippen LogP) is 4.42. The Morgan fingerprint density at radius 1 is 1.25 bits per heavy atom. The number of hydrogen-bond acceptors (Lipinski definition) is 3. The molecule has 2 aromatic rings. The fourth-order valence-corrected chi connectivity index (χ4v) is 2.14. The summed E-state index contributed by atoms with van der Waals surface area (Å²) in [6, 6.07) is 7.20. The maximum Gasteiger partial charge on any atom is 0.343 e. The zero-order chi connectivity index (χ0) is 17.7. The molecule has 0 aromatic heterocycles. The number of nitrogens with one attached hydrogen (secondary N) is 1. The largest absolute Gasteiger partial charge is 0.496 e. The number of aromatic carboxylic acids is 1. The molecule has 0 saturated carbocycles. The first-order valence-corrected chi connectivity index (χ1v) is 7.14. The molecule has 24 heavy (non-hydrogen) atoms. The van der Waals surface area contributed by atoms with E-state index < -0.39 is 12.0 Å². The molecular formula is C18H17F2NO3. The molecule has 0 heterocycles. The summed E-state index contributed by atoms with van der Waals surface area (Å²) in [4.78, 5) is 11.1. The number of methoxy groups -OCH3 is 1. The van der Waals surface area contributed by atoms with Gasteiger partial charge in [-0.05, 0) is 36.2 Å². The van der Waals surface area contributed by atoms with Crippen molar-refractivity contribution in [3.05, 3.63) is 65.2 Å². The molecule has 2 rings (SSSR count). The van der Waals surface area contributed by atoms with E-state index >= 15 is 0 Å². The minimum Gasteiger partial charge on any atom is -0.496 e. The molecule has 0 radical (unpaired) electrons. The summed E-state index contributed by atoms with van der Waals surface area (Å²) in [6.07, 6.45) is 1.92. The van der Waals surface area contributed by atoms with Crippen molar-refractivity contribution in [1.82, 2.24) is 0 Å². The van der Waals surface area contributed by atoms with E-state index in [2.05, 4.69) is 0 Å². The molecule has 0 aliphatic rings. The lowest BCUT2D eigenvalue weighted by Gasteiger charge is -2.17. The van der Waals surface area contributed by atoms with Crippen molar-refractivity contribution >= 4 is 17.7 Å². The van der Waals surface area contributed by atoms with Crippen LogP contribution in [0.25, 0.3) is 6.08 Å². The lowest BCUT2D eigenvalue weighted by atomic mass is 10.1. The smallest absolute Gasteiger partial charge is 0.343 e. The van der Waals surface area contributed by atoms with Crippen LogP contribution in [0, 0.1) is 6.92 Å². The summed E-state index contributed by atoms with van der Waals surface area (Å²) in [7, 11) is 1.51. The first-order chi connectivity index (χ1) is 11.3. The summed E-state index contributed by atoms with van der Waals surface area (Å²) < 4.78 is 33.3. The fourth-order valence-electron chi connectivity index (χ4n) is 2.14. The average molecular weight is 333 g/mol. The number of carboxylic acid groups (broad SMARTS) is 1. The second kappa shape index (κ2) is 7.12. The molecule has 0 amide bonds. The highest BCUT2D eigenvalue weighted by atomic mass is 19.3. The third-order valence-electron chi connectivity index (χ3n) is 3.38. The SMILES string of the molecule is COc1cc(C=CC(F)(F)Nc2ccccc2C(=O)O)ccc1C. The van der Waals surface area contributed by atoms with Crippen LogP contribution >= 0.6 is 0 Å².